The summed E-state index contributed by atoms with van der Waals surface area (Å²) in [4.78, 5) is 14.0. The van der Waals surface area contributed by atoms with Crippen LogP contribution in [0.3, 0.4) is 0 Å². The van der Waals surface area contributed by atoms with Crippen molar-refractivity contribution >= 4 is 11.4 Å². The predicted molar refractivity (Wildman–Crippen MR) is 173 cm³/mol. The predicted octanol–water partition coefficient (Wildman–Crippen LogP) is 8.96. The van der Waals surface area contributed by atoms with Crippen LogP contribution >= 0.6 is 0 Å². The van der Waals surface area contributed by atoms with Crippen LogP contribution in [0.25, 0.3) is 5.57 Å². The largest absolute Gasteiger partial charge is 0.459 e. The number of aromatic nitrogens is 2. The summed E-state index contributed by atoms with van der Waals surface area (Å²) in [6.45, 7) is 16.3. The number of halogens is 1. The molecule has 5 nitrogen and oxygen atoms in total. The lowest BCUT2D eigenvalue weighted by atomic mass is 9.86. The molecule has 2 aromatic rings. The molecule has 0 amide bonds. The molecule has 6 heteroatoms. The summed E-state index contributed by atoms with van der Waals surface area (Å²) in [6.07, 6.45) is 18.8. The van der Waals surface area contributed by atoms with Crippen LogP contribution in [0.2, 0.25) is 0 Å². The van der Waals surface area contributed by atoms with Gasteiger partial charge < -0.3 is 14.5 Å². The van der Waals surface area contributed by atoms with Crippen molar-refractivity contribution < 1.29 is 9.13 Å². The molecule has 0 radical (unpaired) electrons. The zero-order chi connectivity index (χ0) is 30.0. The van der Waals surface area contributed by atoms with Crippen LogP contribution in [-0.4, -0.2) is 47.6 Å². The fraction of sp³-hybridized carbons (Fsp3) is 0.556. The number of hydrogen-bond donors (Lipinski definition) is 0. The van der Waals surface area contributed by atoms with E-state index in [0.29, 0.717) is 16.7 Å². The van der Waals surface area contributed by atoms with Gasteiger partial charge in [-0.05, 0) is 67.8 Å². The highest BCUT2D eigenvalue weighted by Crippen LogP contribution is 2.42. The summed E-state index contributed by atoms with van der Waals surface area (Å²) in [5.74, 6) is 2.14. The highest BCUT2D eigenvalue weighted by Gasteiger charge is 2.44. The number of ether oxygens (including phenoxy) is 1. The van der Waals surface area contributed by atoms with E-state index in [4.69, 9.17) is 4.74 Å². The highest BCUT2D eigenvalue weighted by molar-refractivity contribution is 5.77. The second-order valence-electron chi connectivity index (χ2n) is 12.8. The average molecular weight is 575 g/mol. The topological polar surface area (TPSA) is 41.5 Å². The Labute approximate surface area is 253 Å². The van der Waals surface area contributed by atoms with Crippen molar-refractivity contribution in [3.63, 3.8) is 0 Å². The van der Waals surface area contributed by atoms with E-state index in [9.17, 15) is 4.39 Å². The molecule has 2 aliphatic heterocycles. The zero-order valence-corrected chi connectivity index (χ0v) is 26.5. The molecule has 0 aliphatic carbocycles. The first-order chi connectivity index (χ1) is 20.3. The maximum Gasteiger partial charge on any atom is 0.187 e. The lowest BCUT2D eigenvalue weighted by Crippen LogP contribution is -2.33. The number of anilines is 1. The average Bonchev–Trinajstić information content (AvgIpc) is 3.59. The summed E-state index contributed by atoms with van der Waals surface area (Å²) in [5.41, 5.74) is 3.08. The number of nitrogens with zero attached hydrogens (tertiary/aromatic N) is 4. The van der Waals surface area contributed by atoms with Crippen molar-refractivity contribution in [1.82, 2.24) is 14.9 Å². The van der Waals surface area contributed by atoms with E-state index >= 15 is 0 Å². The first kappa shape index (κ1) is 31.9. The van der Waals surface area contributed by atoms with Crippen molar-refractivity contribution in [2.75, 3.05) is 37.6 Å². The van der Waals surface area contributed by atoms with Gasteiger partial charge in [0.05, 0.1) is 12.5 Å². The van der Waals surface area contributed by atoms with E-state index in [-0.39, 0.29) is 11.7 Å². The minimum atomic E-state index is -0.321. The van der Waals surface area contributed by atoms with E-state index in [0.717, 1.165) is 48.9 Å². The van der Waals surface area contributed by atoms with Crippen molar-refractivity contribution in [2.24, 2.45) is 11.3 Å². The molecule has 228 valence electrons. The Hall–Kier alpha value is -2.99. The maximum atomic E-state index is 14.7. The Morgan fingerprint density at radius 3 is 2.69 bits per heavy atom. The molecular weight excluding hydrogens is 523 g/mol. The Bertz CT molecular complexity index is 1240. The van der Waals surface area contributed by atoms with Gasteiger partial charge in [0.1, 0.15) is 12.2 Å². The van der Waals surface area contributed by atoms with Crippen molar-refractivity contribution in [3.8, 4) is 5.75 Å². The van der Waals surface area contributed by atoms with Crippen molar-refractivity contribution in [3.05, 3.63) is 78.2 Å². The number of hydrogen-bond acceptors (Lipinski definition) is 5. The molecular formula is C36H51FN4O. The quantitative estimate of drug-likeness (QED) is 0.128. The summed E-state index contributed by atoms with van der Waals surface area (Å²) in [5, 5.41) is 0. The molecule has 0 N–H and O–H groups in total. The number of likely N-dealkylation sites (tertiary alicyclic amines) is 1. The van der Waals surface area contributed by atoms with E-state index in [1.165, 1.54) is 63.8 Å². The van der Waals surface area contributed by atoms with E-state index in [1.54, 1.807) is 24.9 Å². The third-order valence-electron chi connectivity index (χ3n) is 8.86. The van der Waals surface area contributed by atoms with E-state index < -0.39 is 0 Å². The van der Waals surface area contributed by atoms with Crippen LogP contribution in [0.5, 0.6) is 5.75 Å². The summed E-state index contributed by atoms with van der Waals surface area (Å²) >= 11 is 0. The Morgan fingerprint density at radius 1 is 1.10 bits per heavy atom. The maximum absolute atomic E-state index is 14.7. The molecule has 2 unspecified atom stereocenters. The molecule has 0 saturated carbocycles. The molecule has 0 bridgehead atoms. The monoisotopic (exact) mass is 574 g/mol. The van der Waals surface area contributed by atoms with Gasteiger partial charge in [-0.1, -0.05) is 83.7 Å². The van der Waals surface area contributed by atoms with Gasteiger partial charge in [0.15, 0.2) is 11.6 Å². The molecule has 3 heterocycles. The molecule has 2 atom stereocenters. The molecule has 1 spiro atoms. The summed E-state index contributed by atoms with van der Waals surface area (Å²) in [7, 11) is 0. The molecule has 2 saturated heterocycles. The Morgan fingerprint density at radius 2 is 1.90 bits per heavy atom. The zero-order valence-electron chi connectivity index (χ0n) is 26.5. The van der Waals surface area contributed by atoms with Crippen LogP contribution in [0.1, 0.15) is 96.6 Å². The summed E-state index contributed by atoms with van der Waals surface area (Å²) in [6, 6.07) is 8.12. The standard InChI is InChI=1S/C36H51FN4O/c1-6-8-9-10-14-29(5)23-40-19-17-36(25-40)18-20-41(26-36)35-34(22-38-27-39-35)42-24-30(21-31(37)13-7-2)33-16-12-11-15-32(33)28(3)4/h7,11-13,15-16,21-22,24,27-29H,6,8-10,14,17-20,23,25-26H2,1-5H3/b13-7-,30-24-,31-21+. The van der Waals surface area contributed by atoms with E-state index in [2.05, 4.69) is 53.5 Å². The first-order valence-corrected chi connectivity index (χ1v) is 16.1. The lowest BCUT2D eigenvalue weighted by molar-refractivity contribution is 0.240. The number of rotatable bonds is 14. The van der Waals surface area contributed by atoms with Crippen molar-refractivity contribution in [1.29, 1.82) is 0 Å². The summed E-state index contributed by atoms with van der Waals surface area (Å²) < 4.78 is 21.0. The van der Waals surface area contributed by atoms with Crippen LogP contribution in [0.4, 0.5) is 10.2 Å². The second kappa shape index (κ2) is 15.5. The number of unbranched alkanes of at least 4 members (excludes halogenated alkanes) is 3. The number of benzene rings is 1. The normalized spacial score (nSPS) is 20.9. The molecule has 2 aliphatic rings. The first-order valence-electron chi connectivity index (χ1n) is 16.1. The van der Waals surface area contributed by atoms with Crippen LogP contribution < -0.4 is 9.64 Å². The van der Waals surface area contributed by atoms with Gasteiger partial charge in [0.25, 0.3) is 0 Å². The van der Waals surface area contributed by atoms with E-state index in [1.807, 2.05) is 25.1 Å². The SMILES string of the molecule is C\C=C/C(F)=C\C(=C\Oc1cncnc1N1CCC2(CCN(CC(C)CCCCCC)C2)C1)c1ccccc1C(C)C. The van der Waals surface area contributed by atoms with Crippen molar-refractivity contribution in [2.45, 2.75) is 85.5 Å². The Balaban J connectivity index is 1.47. The third kappa shape index (κ3) is 8.53. The van der Waals surface area contributed by atoms with Crippen LogP contribution in [-0.2, 0) is 0 Å². The highest BCUT2D eigenvalue weighted by atomic mass is 19.1. The smallest absolute Gasteiger partial charge is 0.187 e. The van der Waals surface area contributed by atoms with Gasteiger partial charge in [-0.3, -0.25) is 0 Å². The minimum absolute atomic E-state index is 0.286. The Kier molecular flexibility index (Phi) is 11.8. The van der Waals surface area contributed by atoms with Gasteiger partial charge in [0, 0.05) is 37.2 Å². The van der Waals surface area contributed by atoms with Gasteiger partial charge in [-0.2, -0.15) is 0 Å². The van der Waals surface area contributed by atoms with Gasteiger partial charge >= 0.3 is 0 Å². The number of allylic oxidation sites excluding steroid dienone is 5. The molecule has 42 heavy (non-hydrogen) atoms. The van der Waals surface area contributed by atoms with Crippen LogP contribution in [0, 0.1) is 11.3 Å². The van der Waals surface area contributed by atoms with Gasteiger partial charge in [-0.25, -0.2) is 14.4 Å². The minimum Gasteiger partial charge on any atom is -0.459 e. The molecule has 1 aromatic heterocycles. The third-order valence-corrected chi connectivity index (χ3v) is 8.86. The molecule has 4 rings (SSSR count). The lowest BCUT2D eigenvalue weighted by Gasteiger charge is -2.27. The fourth-order valence-corrected chi connectivity index (χ4v) is 6.64. The van der Waals surface area contributed by atoms with Gasteiger partial charge in [0.2, 0.25) is 0 Å². The van der Waals surface area contributed by atoms with Crippen LogP contribution in [0.15, 0.2) is 67.1 Å². The fourth-order valence-electron chi connectivity index (χ4n) is 6.64. The second-order valence-corrected chi connectivity index (χ2v) is 12.8. The van der Waals surface area contributed by atoms with Gasteiger partial charge in [-0.15, -0.1) is 0 Å². The molecule has 1 aromatic carbocycles. The molecule has 2 fully saturated rings.